The summed E-state index contributed by atoms with van der Waals surface area (Å²) in [6.45, 7) is 2.82. The van der Waals surface area contributed by atoms with E-state index in [9.17, 15) is 15.2 Å². The van der Waals surface area contributed by atoms with Gasteiger partial charge in [-0.25, -0.2) is 0 Å². The molecule has 0 unspecified atom stereocenters. The summed E-state index contributed by atoms with van der Waals surface area (Å²) >= 11 is 0. The fourth-order valence-corrected chi connectivity index (χ4v) is 2.71. The van der Waals surface area contributed by atoms with E-state index in [1.165, 1.54) is 20.3 Å². The van der Waals surface area contributed by atoms with Crippen LogP contribution in [0.3, 0.4) is 0 Å². The summed E-state index contributed by atoms with van der Waals surface area (Å²) in [4.78, 5) is 13.0. The molecule has 2 N–H and O–H groups in total. The lowest BCUT2D eigenvalue weighted by Crippen LogP contribution is -2.46. The molecule has 0 saturated carbocycles. The number of hydrogen-bond donors (Lipinski definition) is 2. The van der Waals surface area contributed by atoms with Crippen molar-refractivity contribution >= 4 is 18.1 Å². The van der Waals surface area contributed by atoms with Crippen LogP contribution in [0.15, 0.2) is 12.1 Å². The van der Waals surface area contributed by atoms with Crippen molar-refractivity contribution in [3.8, 4) is 11.5 Å². The molecule has 8 nitrogen and oxygen atoms in total. The van der Waals surface area contributed by atoms with Crippen LogP contribution in [0.5, 0.6) is 11.5 Å². The first-order valence-electron chi connectivity index (χ1n) is 7.08. The van der Waals surface area contributed by atoms with Gasteiger partial charge >= 0.3 is 0 Å². The number of nitro benzene ring substituents is 1. The highest BCUT2D eigenvalue weighted by Crippen LogP contribution is 2.38. The molecule has 0 amide bonds. The Hall–Kier alpha value is -1.61. The largest absolute Gasteiger partial charge is 0.493 e. The van der Waals surface area contributed by atoms with E-state index >= 15 is 0 Å². The summed E-state index contributed by atoms with van der Waals surface area (Å²) in [6.07, 6.45) is 0. The number of nitrogens with one attached hydrogen (secondary N) is 1. The summed E-state index contributed by atoms with van der Waals surface area (Å²) in [5.74, 6) is 0.714. The molecular weight excluding hydrogens is 326 g/mol. The van der Waals surface area contributed by atoms with Gasteiger partial charge in [0.25, 0.3) is 5.69 Å². The molecule has 0 aliphatic carbocycles. The first-order chi connectivity index (χ1) is 10.6. The fourth-order valence-electron chi connectivity index (χ4n) is 2.71. The third-order valence-electron chi connectivity index (χ3n) is 3.85. The lowest BCUT2D eigenvalue weighted by atomic mass is 10.0. The van der Waals surface area contributed by atoms with Gasteiger partial charge < -0.3 is 19.9 Å². The zero-order chi connectivity index (χ0) is 16.1. The Morgan fingerprint density at radius 3 is 2.35 bits per heavy atom. The highest BCUT2D eigenvalue weighted by Gasteiger charge is 2.30. The van der Waals surface area contributed by atoms with Crippen molar-refractivity contribution in [3.05, 3.63) is 27.8 Å². The van der Waals surface area contributed by atoms with Gasteiger partial charge in [-0.05, 0) is 6.07 Å². The van der Waals surface area contributed by atoms with Crippen molar-refractivity contribution < 1.29 is 19.5 Å². The molecular formula is C14H22ClN3O5. The number of hydrogen-bond acceptors (Lipinski definition) is 7. The smallest absolute Gasteiger partial charge is 0.278 e. The van der Waals surface area contributed by atoms with Crippen LogP contribution in [0.1, 0.15) is 11.6 Å². The van der Waals surface area contributed by atoms with Gasteiger partial charge in [-0.1, -0.05) is 0 Å². The van der Waals surface area contributed by atoms with Crippen LogP contribution in [0.25, 0.3) is 0 Å². The minimum atomic E-state index is -0.456. The van der Waals surface area contributed by atoms with Crippen LogP contribution < -0.4 is 14.8 Å². The quantitative estimate of drug-likeness (QED) is 0.584. The van der Waals surface area contributed by atoms with Crippen LogP contribution in [-0.4, -0.2) is 61.9 Å². The first-order valence-corrected chi connectivity index (χ1v) is 7.08. The summed E-state index contributed by atoms with van der Waals surface area (Å²) in [5, 5.41) is 24.4. The molecule has 130 valence electrons. The average molecular weight is 348 g/mol. The van der Waals surface area contributed by atoms with E-state index in [0.29, 0.717) is 17.1 Å². The van der Waals surface area contributed by atoms with Crippen LogP contribution in [0.2, 0.25) is 0 Å². The van der Waals surface area contributed by atoms with Crippen molar-refractivity contribution in [1.29, 1.82) is 0 Å². The Labute approximate surface area is 140 Å². The van der Waals surface area contributed by atoms with Crippen molar-refractivity contribution in [3.63, 3.8) is 0 Å². The van der Waals surface area contributed by atoms with E-state index < -0.39 is 11.0 Å². The summed E-state index contributed by atoms with van der Waals surface area (Å²) in [5.41, 5.74) is 0.363. The Kier molecular flexibility index (Phi) is 7.50. The van der Waals surface area contributed by atoms with Crippen molar-refractivity contribution in [1.82, 2.24) is 10.2 Å². The molecule has 9 heteroatoms. The predicted molar refractivity (Wildman–Crippen MR) is 87.7 cm³/mol. The number of methoxy groups -OCH3 is 2. The first kappa shape index (κ1) is 19.4. The second-order valence-electron chi connectivity index (χ2n) is 5.01. The van der Waals surface area contributed by atoms with E-state index in [1.807, 2.05) is 4.90 Å². The molecule has 1 aliphatic heterocycles. The molecule has 1 aromatic carbocycles. The molecule has 1 fully saturated rings. The normalized spacial score (nSPS) is 16.3. The van der Waals surface area contributed by atoms with E-state index in [2.05, 4.69) is 5.32 Å². The monoisotopic (exact) mass is 347 g/mol. The fraction of sp³-hybridized carbons (Fsp3) is 0.571. The number of halogens is 1. The van der Waals surface area contributed by atoms with Gasteiger partial charge in [0.2, 0.25) is 0 Å². The van der Waals surface area contributed by atoms with Gasteiger partial charge in [-0.15, -0.1) is 12.4 Å². The molecule has 1 heterocycles. The third-order valence-corrected chi connectivity index (χ3v) is 3.85. The molecule has 1 aromatic rings. The second kappa shape index (κ2) is 8.88. The van der Waals surface area contributed by atoms with E-state index in [4.69, 9.17) is 9.47 Å². The SMILES string of the molecule is COc1cc([C@@H](CO)N2CCNCC2)c([N+](=O)[O-])cc1OC.Cl. The Morgan fingerprint density at radius 2 is 1.87 bits per heavy atom. The molecule has 0 aromatic heterocycles. The van der Waals surface area contributed by atoms with Crippen LogP contribution in [-0.2, 0) is 0 Å². The van der Waals surface area contributed by atoms with Crippen molar-refractivity contribution in [2.24, 2.45) is 0 Å². The number of aliphatic hydroxyl groups excluding tert-OH is 1. The van der Waals surface area contributed by atoms with E-state index in [-0.39, 0.29) is 24.7 Å². The molecule has 0 bridgehead atoms. The number of benzene rings is 1. The Morgan fingerprint density at radius 1 is 1.30 bits per heavy atom. The van der Waals surface area contributed by atoms with Crippen LogP contribution in [0.4, 0.5) is 5.69 Å². The highest BCUT2D eigenvalue weighted by molar-refractivity contribution is 5.85. The van der Waals surface area contributed by atoms with Crippen molar-refractivity contribution in [2.75, 3.05) is 47.0 Å². The second-order valence-corrected chi connectivity index (χ2v) is 5.01. The van der Waals surface area contributed by atoms with E-state index in [1.54, 1.807) is 6.07 Å². The van der Waals surface area contributed by atoms with Crippen molar-refractivity contribution in [2.45, 2.75) is 6.04 Å². The molecule has 1 saturated heterocycles. The number of ether oxygens (including phenoxy) is 2. The average Bonchev–Trinajstić information content (AvgIpc) is 2.55. The minimum Gasteiger partial charge on any atom is -0.493 e. The maximum atomic E-state index is 11.4. The lowest BCUT2D eigenvalue weighted by Gasteiger charge is -2.34. The number of nitrogens with zero attached hydrogens (tertiary/aromatic N) is 2. The molecule has 1 atom stereocenters. The third kappa shape index (κ3) is 4.23. The topological polar surface area (TPSA) is 97.1 Å². The molecule has 0 spiro atoms. The van der Waals surface area contributed by atoms with E-state index in [0.717, 1.165) is 26.2 Å². The lowest BCUT2D eigenvalue weighted by molar-refractivity contribution is -0.386. The minimum absolute atomic E-state index is 0. The van der Waals surface area contributed by atoms with Gasteiger partial charge in [0.1, 0.15) is 0 Å². The molecule has 1 aliphatic rings. The van der Waals surface area contributed by atoms with Gasteiger partial charge in [0.15, 0.2) is 11.5 Å². The summed E-state index contributed by atoms with van der Waals surface area (Å²) < 4.78 is 10.4. The number of piperazine rings is 1. The van der Waals surface area contributed by atoms with Gasteiger partial charge in [-0.3, -0.25) is 15.0 Å². The molecule has 0 radical (unpaired) electrons. The number of nitro groups is 1. The maximum Gasteiger partial charge on any atom is 0.278 e. The van der Waals surface area contributed by atoms with Gasteiger partial charge in [0, 0.05) is 26.2 Å². The van der Waals surface area contributed by atoms with Gasteiger partial charge in [-0.2, -0.15) is 0 Å². The standard InChI is InChI=1S/C14H21N3O5.ClH/c1-21-13-7-10(11(17(19)20)8-14(13)22-2)12(9-18)16-5-3-15-4-6-16;/h7-8,12,15,18H,3-6,9H2,1-2H3;1H/t12-;/m1./s1. The Balaban J connectivity index is 0.00000264. The number of aliphatic hydroxyl groups is 1. The molecule has 2 rings (SSSR count). The van der Waals surface area contributed by atoms with Gasteiger partial charge in [0.05, 0.1) is 43.4 Å². The zero-order valence-electron chi connectivity index (χ0n) is 13.2. The summed E-state index contributed by atoms with van der Waals surface area (Å²) in [6, 6.07) is 2.49. The predicted octanol–water partition coefficient (Wildman–Crippen LogP) is 0.972. The Bertz CT molecular complexity index is 537. The highest BCUT2D eigenvalue weighted by atomic mass is 35.5. The van der Waals surface area contributed by atoms with Crippen LogP contribution in [0, 0.1) is 10.1 Å². The summed E-state index contributed by atoms with van der Waals surface area (Å²) in [7, 11) is 2.91. The zero-order valence-corrected chi connectivity index (χ0v) is 14.0. The number of rotatable bonds is 6. The van der Waals surface area contributed by atoms with Crippen LogP contribution >= 0.6 is 12.4 Å². The molecule has 23 heavy (non-hydrogen) atoms. The maximum absolute atomic E-state index is 11.4.